The third-order valence-electron chi connectivity index (χ3n) is 3.89. The second kappa shape index (κ2) is 4.90. The second-order valence-electron chi connectivity index (χ2n) is 5.11. The van der Waals surface area contributed by atoms with Crippen molar-refractivity contribution >= 4 is 37.2 Å². The number of nitrogens with one attached hydrogen (secondary N) is 1. The zero-order chi connectivity index (χ0) is 14.2. The SMILES string of the molecule is CNc1ccc(-c2cccc3c2sc2ccccc23)cc1. The molecular formula is C19H15NS. The van der Waals surface area contributed by atoms with Crippen molar-refractivity contribution in [2.24, 2.45) is 0 Å². The van der Waals surface area contributed by atoms with Crippen LogP contribution in [0.1, 0.15) is 0 Å². The van der Waals surface area contributed by atoms with Gasteiger partial charge in [-0.3, -0.25) is 0 Å². The summed E-state index contributed by atoms with van der Waals surface area (Å²) in [6, 6.07) is 23.9. The lowest BCUT2D eigenvalue weighted by Gasteiger charge is -2.05. The Morgan fingerprint density at radius 2 is 1.52 bits per heavy atom. The van der Waals surface area contributed by atoms with Crippen molar-refractivity contribution in [2.75, 3.05) is 12.4 Å². The van der Waals surface area contributed by atoms with E-state index in [0.717, 1.165) is 5.69 Å². The number of hydrogen-bond acceptors (Lipinski definition) is 2. The molecule has 0 saturated heterocycles. The first-order chi connectivity index (χ1) is 10.4. The molecule has 4 aromatic rings. The fraction of sp³-hybridized carbons (Fsp3) is 0.0526. The second-order valence-corrected chi connectivity index (χ2v) is 6.16. The number of hydrogen-bond donors (Lipinski definition) is 1. The molecule has 0 unspecified atom stereocenters. The molecule has 0 fully saturated rings. The highest BCUT2D eigenvalue weighted by molar-refractivity contribution is 7.26. The summed E-state index contributed by atoms with van der Waals surface area (Å²) in [4.78, 5) is 0. The summed E-state index contributed by atoms with van der Waals surface area (Å²) >= 11 is 1.88. The standard InChI is InChI=1S/C19H15NS/c1-20-14-11-9-13(10-12-14)15-6-4-7-17-16-5-2-3-8-18(16)21-19(15)17/h2-12,20H,1H3. The normalized spacial score (nSPS) is 11.1. The average Bonchev–Trinajstić information content (AvgIpc) is 2.94. The summed E-state index contributed by atoms with van der Waals surface area (Å²) in [5.41, 5.74) is 3.73. The van der Waals surface area contributed by atoms with Crippen molar-refractivity contribution in [2.45, 2.75) is 0 Å². The van der Waals surface area contributed by atoms with E-state index in [1.54, 1.807) is 0 Å². The van der Waals surface area contributed by atoms with Crippen molar-refractivity contribution in [1.29, 1.82) is 0 Å². The van der Waals surface area contributed by atoms with E-state index in [0.29, 0.717) is 0 Å². The Bertz CT molecular complexity index is 919. The predicted molar refractivity (Wildman–Crippen MR) is 94.3 cm³/mol. The van der Waals surface area contributed by atoms with Crippen LogP contribution in [0.15, 0.2) is 66.7 Å². The first-order valence-electron chi connectivity index (χ1n) is 7.05. The zero-order valence-corrected chi connectivity index (χ0v) is 12.6. The van der Waals surface area contributed by atoms with Crippen molar-refractivity contribution in [1.82, 2.24) is 0 Å². The lowest BCUT2D eigenvalue weighted by atomic mass is 10.0. The molecule has 2 heteroatoms. The quantitative estimate of drug-likeness (QED) is 0.494. The number of benzene rings is 3. The molecule has 0 spiro atoms. The Morgan fingerprint density at radius 3 is 2.33 bits per heavy atom. The van der Waals surface area contributed by atoms with Crippen molar-refractivity contribution in [3.05, 3.63) is 66.7 Å². The van der Waals surface area contributed by atoms with E-state index in [9.17, 15) is 0 Å². The van der Waals surface area contributed by atoms with Gasteiger partial charge >= 0.3 is 0 Å². The third-order valence-corrected chi connectivity index (χ3v) is 5.11. The molecule has 0 atom stereocenters. The Balaban J connectivity index is 1.99. The van der Waals surface area contributed by atoms with Gasteiger partial charge < -0.3 is 5.32 Å². The minimum Gasteiger partial charge on any atom is -0.388 e. The van der Waals surface area contributed by atoms with Crippen LogP contribution in [0.5, 0.6) is 0 Å². The van der Waals surface area contributed by atoms with Crippen molar-refractivity contribution in [3.63, 3.8) is 0 Å². The summed E-state index contributed by atoms with van der Waals surface area (Å²) in [6.07, 6.45) is 0. The van der Waals surface area contributed by atoms with Crippen LogP contribution in [0.3, 0.4) is 0 Å². The van der Waals surface area contributed by atoms with Crippen LogP contribution in [0.25, 0.3) is 31.3 Å². The molecule has 1 nitrogen and oxygen atoms in total. The highest BCUT2D eigenvalue weighted by Crippen LogP contribution is 2.39. The molecule has 0 saturated carbocycles. The average molecular weight is 289 g/mol. The molecule has 4 rings (SSSR count). The summed E-state index contributed by atoms with van der Waals surface area (Å²) < 4.78 is 2.72. The van der Waals surface area contributed by atoms with Gasteiger partial charge in [0.1, 0.15) is 0 Å². The number of thiophene rings is 1. The van der Waals surface area contributed by atoms with Gasteiger partial charge in [-0.2, -0.15) is 0 Å². The predicted octanol–water partition coefficient (Wildman–Crippen LogP) is 5.76. The van der Waals surface area contributed by atoms with E-state index in [4.69, 9.17) is 0 Å². The topological polar surface area (TPSA) is 12.0 Å². The van der Waals surface area contributed by atoms with Crippen LogP contribution < -0.4 is 5.32 Å². The molecule has 0 aliphatic rings. The maximum Gasteiger partial charge on any atom is 0.0433 e. The fourth-order valence-corrected chi connectivity index (χ4v) is 4.03. The van der Waals surface area contributed by atoms with E-state index in [1.165, 1.54) is 31.3 Å². The number of fused-ring (bicyclic) bond motifs is 3. The molecule has 21 heavy (non-hydrogen) atoms. The Hall–Kier alpha value is -2.32. The van der Waals surface area contributed by atoms with E-state index in [1.807, 2.05) is 18.4 Å². The number of anilines is 1. The summed E-state index contributed by atoms with van der Waals surface area (Å²) in [7, 11) is 1.95. The van der Waals surface area contributed by atoms with Crippen molar-refractivity contribution in [3.8, 4) is 11.1 Å². The van der Waals surface area contributed by atoms with E-state index in [2.05, 4.69) is 72.0 Å². The smallest absolute Gasteiger partial charge is 0.0433 e. The largest absolute Gasteiger partial charge is 0.388 e. The van der Waals surface area contributed by atoms with Crippen LogP contribution in [-0.4, -0.2) is 7.05 Å². The molecule has 1 aromatic heterocycles. The maximum atomic E-state index is 3.17. The molecule has 102 valence electrons. The van der Waals surface area contributed by atoms with Crippen molar-refractivity contribution < 1.29 is 0 Å². The van der Waals surface area contributed by atoms with Gasteiger partial charge in [-0.1, -0.05) is 48.5 Å². The molecular weight excluding hydrogens is 274 g/mol. The monoisotopic (exact) mass is 289 g/mol. The Kier molecular flexibility index (Phi) is 2.90. The van der Waals surface area contributed by atoms with Crippen LogP contribution in [-0.2, 0) is 0 Å². The lowest BCUT2D eigenvalue weighted by Crippen LogP contribution is -1.86. The molecule has 0 aliphatic heterocycles. The van der Waals surface area contributed by atoms with Gasteiger partial charge in [0.2, 0.25) is 0 Å². The van der Waals surface area contributed by atoms with Gasteiger partial charge in [0, 0.05) is 32.9 Å². The van der Waals surface area contributed by atoms with Gasteiger partial charge in [0.25, 0.3) is 0 Å². The van der Waals surface area contributed by atoms with E-state index >= 15 is 0 Å². The summed E-state index contributed by atoms with van der Waals surface area (Å²) in [5, 5.41) is 5.87. The molecule has 0 aliphatic carbocycles. The maximum absolute atomic E-state index is 3.17. The van der Waals surface area contributed by atoms with Gasteiger partial charge in [-0.15, -0.1) is 11.3 Å². The van der Waals surface area contributed by atoms with Crippen LogP contribution in [0.2, 0.25) is 0 Å². The van der Waals surface area contributed by atoms with Gasteiger partial charge in [-0.25, -0.2) is 0 Å². The highest BCUT2D eigenvalue weighted by atomic mass is 32.1. The minimum atomic E-state index is 1.14. The summed E-state index contributed by atoms with van der Waals surface area (Å²) in [6.45, 7) is 0. The van der Waals surface area contributed by atoms with E-state index < -0.39 is 0 Å². The first-order valence-corrected chi connectivity index (χ1v) is 7.87. The zero-order valence-electron chi connectivity index (χ0n) is 11.8. The minimum absolute atomic E-state index is 1.14. The molecule has 0 amide bonds. The summed E-state index contributed by atoms with van der Waals surface area (Å²) in [5.74, 6) is 0. The Morgan fingerprint density at radius 1 is 0.762 bits per heavy atom. The third kappa shape index (κ3) is 1.99. The van der Waals surface area contributed by atoms with Crippen LogP contribution >= 0.6 is 11.3 Å². The molecule has 0 bridgehead atoms. The van der Waals surface area contributed by atoms with Gasteiger partial charge in [0.15, 0.2) is 0 Å². The van der Waals surface area contributed by atoms with E-state index in [-0.39, 0.29) is 0 Å². The molecule has 1 N–H and O–H groups in total. The first kappa shape index (κ1) is 12.4. The highest BCUT2D eigenvalue weighted by Gasteiger charge is 2.09. The number of rotatable bonds is 2. The lowest BCUT2D eigenvalue weighted by molar-refractivity contribution is 1.51. The fourth-order valence-electron chi connectivity index (χ4n) is 2.79. The molecule has 1 heterocycles. The van der Waals surface area contributed by atoms with Gasteiger partial charge in [0.05, 0.1) is 0 Å². The van der Waals surface area contributed by atoms with Crippen LogP contribution in [0.4, 0.5) is 5.69 Å². The molecule has 3 aromatic carbocycles. The molecule has 0 radical (unpaired) electrons. The Labute approximate surface area is 127 Å². The van der Waals surface area contributed by atoms with Gasteiger partial charge in [-0.05, 0) is 29.3 Å². The van der Waals surface area contributed by atoms with Crippen LogP contribution in [0, 0.1) is 0 Å².